The fourth-order valence-corrected chi connectivity index (χ4v) is 1.76. The number of ether oxygens (including phenoxy) is 1. The Morgan fingerprint density at radius 2 is 2.12 bits per heavy atom. The smallest absolute Gasteiger partial charge is 0.178 e. The molecule has 0 amide bonds. The van der Waals surface area contributed by atoms with E-state index in [-0.39, 0.29) is 11.8 Å². The van der Waals surface area contributed by atoms with Crippen LogP contribution in [0.25, 0.3) is 0 Å². The average molecular weight is 256 g/mol. The lowest BCUT2D eigenvalue weighted by Crippen LogP contribution is -2.36. The van der Waals surface area contributed by atoms with E-state index in [1.54, 1.807) is 19.2 Å². The monoisotopic (exact) mass is 255 g/mol. The summed E-state index contributed by atoms with van der Waals surface area (Å²) in [7, 11) is 3.55. The number of hydrogen-bond donors (Lipinski definition) is 0. The molecule has 0 radical (unpaired) electrons. The molecule has 0 spiro atoms. The normalized spacial score (nSPS) is 12.8. The molecule has 1 aromatic carbocycles. The molecule has 0 bridgehead atoms. The molecule has 0 heterocycles. The SMILES string of the molecule is COCC(C)N(C)CC(=O)c1ccccc1Cl. The van der Waals surface area contributed by atoms with Crippen LogP contribution in [0.2, 0.25) is 5.02 Å². The molecular formula is C13H18ClNO2. The zero-order chi connectivity index (χ0) is 12.8. The molecule has 1 aromatic rings. The molecule has 17 heavy (non-hydrogen) atoms. The Balaban J connectivity index is 2.64. The second-order valence-electron chi connectivity index (χ2n) is 4.12. The van der Waals surface area contributed by atoms with Crippen molar-refractivity contribution in [3.05, 3.63) is 34.9 Å². The van der Waals surface area contributed by atoms with Crippen molar-refractivity contribution in [2.75, 3.05) is 27.3 Å². The van der Waals surface area contributed by atoms with Crippen molar-refractivity contribution in [1.82, 2.24) is 4.90 Å². The van der Waals surface area contributed by atoms with Gasteiger partial charge in [0, 0.05) is 18.7 Å². The fourth-order valence-electron chi connectivity index (χ4n) is 1.52. The number of carbonyl (C=O) groups excluding carboxylic acids is 1. The van der Waals surface area contributed by atoms with Gasteiger partial charge in [0.25, 0.3) is 0 Å². The van der Waals surface area contributed by atoms with Crippen molar-refractivity contribution in [2.45, 2.75) is 13.0 Å². The summed E-state index contributed by atoms with van der Waals surface area (Å²) in [4.78, 5) is 14.0. The molecule has 0 aromatic heterocycles. The first-order chi connectivity index (χ1) is 8.06. The first-order valence-electron chi connectivity index (χ1n) is 5.53. The number of rotatable bonds is 6. The van der Waals surface area contributed by atoms with Gasteiger partial charge in [-0.2, -0.15) is 0 Å². The van der Waals surface area contributed by atoms with E-state index in [0.717, 1.165) is 0 Å². The second-order valence-corrected chi connectivity index (χ2v) is 4.53. The minimum Gasteiger partial charge on any atom is -0.383 e. The zero-order valence-corrected chi connectivity index (χ0v) is 11.2. The van der Waals surface area contributed by atoms with Gasteiger partial charge >= 0.3 is 0 Å². The van der Waals surface area contributed by atoms with Crippen LogP contribution in [-0.2, 0) is 4.74 Å². The minimum atomic E-state index is 0.0288. The van der Waals surface area contributed by atoms with Gasteiger partial charge in [-0.3, -0.25) is 9.69 Å². The van der Waals surface area contributed by atoms with E-state index in [2.05, 4.69) is 0 Å². The number of halogens is 1. The fraction of sp³-hybridized carbons (Fsp3) is 0.462. The van der Waals surface area contributed by atoms with Crippen LogP contribution in [0.3, 0.4) is 0 Å². The van der Waals surface area contributed by atoms with Gasteiger partial charge < -0.3 is 4.74 Å². The van der Waals surface area contributed by atoms with Crippen molar-refractivity contribution in [3.63, 3.8) is 0 Å². The number of hydrogen-bond acceptors (Lipinski definition) is 3. The summed E-state index contributed by atoms with van der Waals surface area (Å²) in [6.45, 7) is 2.96. The van der Waals surface area contributed by atoms with Gasteiger partial charge in [0.1, 0.15) is 0 Å². The van der Waals surface area contributed by atoms with E-state index in [0.29, 0.717) is 23.7 Å². The van der Waals surface area contributed by atoms with Gasteiger partial charge in [-0.15, -0.1) is 0 Å². The van der Waals surface area contributed by atoms with Crippen LogP contribution < -0.4 is 0 Å². The highest BCUT2D eigenvalue weighted by atomic mass is 35.5. The summed E-state index contributed by atoms with van der Waals surface area (Å²) < 4.78 is 5.06. The van der Waals surface area contributed by atoms with Crippen LogP contribution >= 0.6 is 11.6 Å². The molecule has 0 saturated heterocycles. The third-order valence-electron chi connectivity index (χ3n) is 2.73. The summed E-state index contributed by atoms with van der Waals surface area (Å²) in [6.07, 6.45) is 0. The summed E-state index contributed by atoms with van der Waals surface area (Å²) in [5.74, 6) is 0.0288. The zero-order valence-electron chi connectivity index (χ0n) is 10.4. The molecule has 0 saturated carbocycles. The molecule has 3 nitrogen and oxygen atoms in total. The number of methoxy groups -OCH3 is 1. The van der Waals surface area contributed by atoms with E-state index < -0.39 is 0 Å². The standard InChI is InChI=1S/C13H18ClNO2/c1-10(9-17-3)15(2)8-13(16)11-6-4-5-7-12(11)14/h4-7,10H,8-9H2,1-3H3. The predicted octanol–water partition coefficient (Wildman–Crippen LogP) is 2.49. The molecule has 1 unspecified atom stereocenters. The molecule has 0 aliphatic rings. The predicted molar refractivity (Wildman–Crippen MR) is 69.8 cm³/mol. The Labute approximate surface area is 107 Å². The van der Waals surface area contributed by atoms with Gasteiger partial charge in [-0.05, 0) is 26.1 Å². The molecular weight excluding hydrogens is 238 g/mol. The number of benzene rings is 1. The van der Waals surface area contributed by atoms with Gasteiger partial charge in [0.2, 0.25) is 0 Å². The van der Waals surface area contributed by atoms with E-state index in [9.17, 15) is 4.79 Å². The van der Waals surface area contributed by atoms with E-state index in [4.69, 9.17) is 16.3 Å². The first-order valence-corrected chi connectivity index (χ1v) is 5.91. The average Bonchev–Trinajstić information content (AvgIpc) is 2.29. The highest BCUT2D eigenvalue weighted by Gasteiger charge is 2.15. The lowest BCUT2D eigenvalue weighted by Gasteiger charge is -2.23. The van der Waals surface area contributed by atoms with Crippen LogP contribution in [0.5, 0.6) is 0 Å². The van der Waals surface area contributed by atoms with Crippen LogP contribution in [-0.4, -0.2) is 44.0 Å². The van der Waals surface area contributed by atoms with E-state index >= 15 is 0 Å². The minimum absolute atomic E-state index is 0.0288. The Kier molecular flexibility index (Phi) is 5.62. The molecule has 94 valence electrons. The second kappa shape index (κ2) is 6.74. The van der Waals surface area contributed by atoms with Gasteiger partial charge in [-0.25, -0.2) is 0 Å². The third-order valence-corrected chi connectivity index (χ3v) is 3.06. The van der Waals surface area contributed by atoms with Crippen LogP contribution in [0.4, 0.5) is 0 Å². The highest BCUT2D eigenvalue weighted by molar-refractivity contribution is 6.34. The molecule has 1 rings (SSSR count). The van der Waals surface area contributed by atoms with Crippen LogP contribution in [0.1, 0.15) is 17.3 Å². The van der Waals surface area contributed by atoms with E-state index in [1.165, 1.54) is 0 Å². The topological polar surface area (TPSA) is 29.5 Å². The van der Waals surface area contributed by atoms with Gasteiger partial charge in [0.05, 0.1) is 18.2 Å². The first kappa shape index (κ1) is 14.2. The summed E-state index contributed by atoms with van der Waals surface area (Å²) >= 11 is 5.98. The number of Topliss-reactive ketones (excluding diaryl/α,β-unsaturated/α-hetero) is 1. The Morgan fingerprint density at radius 1 is 1.47 bits per heavy atom. The van der Waals surface area contributed by atoms with Gasteiger partial charge in [-0.1, -0.05) is 23.7 Å². The van der Waals surface area contributed by atoms with Crippen LogP contribution in [0, 0.1) is 0 Å². The number of nitrogens with zero attached hydrogens (tertiary/aromatic N) is 1. The van der Waals surface area contributed by atoms with Crippen LogP contribution in [0.15, 0.2) is 24.3 Å². The maximum atomic E-state index is 12.0. The molecule has 0 N–H and O–H groups in total. The summed E-state index contributed by atoms with van der Waals surface area (Å²) in [5, 5.41) is 0.505. The largest absolute Gasteiger partial charge is 0.383 e. The maximum Gasteiger partial charge on any atom is 0.178 e. The molecule has 1 atom stereocenters. The van der Waals surface area contributed by atoms with Crippen molar-refractivity contribution < 1.29 is 9.53 Å². The quantitative estimate of drug-likeness (QED) is 0.732. The highest BCUT2D eigenvalue weighted by Crippen LogP contribution is 2.16. The Hall–Kier alpha value is -0.900. The van der Waals surface area contributed by atoms with E-state index in [1.807, 2.05) is 31.0 Å². The third kappa shape index (κ3) is 4.11. The van der Waals surface area contributed by atoms with Gasteiger partial charge in [0.15, 0.2) is 5.78 Å². The lowest BCUT2D eigenvalue weighted by atomic mass is 10.1. The number of likely N-dealkylation sites (N-methyl/N-ethyl adjacent to an activating group) is 1. The van der Waals surface area contributed by atoms with Crippen molar-refractivity contribution in [2.24, 2.45) is 0 Å². The molecule has 0 aliphatic carbocycles. The Morgan fingerprint density at radius 3 is 2.71 bits per heavy atom. The molecule has 4 heteroatoms. The molecule has 0 aliphatic heterocycles. The Bertz CT molecular complexity index is 381. The summed E-state index contributed by atoms with van der Waals surface area (Å²) in [6, 6.07) is 7.31. The number of ketones is 1. The number of carbonyl (C=O) groups is 1. The van der Waals surface area contributed by atoms with Crippen molar-refractivity contribution in [1.29, 1.82) is 0 Å². The van der Waals surface area contributed by atoms with Crippen molar-refractivity contribution in [3.8, 4) is 0 Å². The van der Waals surface area contributed by atoms with Crippen molar-refractivity contribution >= 4 is 17.4 Å². The maximum absolute atomic E-state index is 12.0. The lowest BCUT2D eigenvalue weighted by molar-refractivity contribution is 0.0841. The molecule has 0 fully saturated rings. The summed E-state index contributed by atoms with van der Waals surface area (Å²) in [5.41, 5.74) is 0.575.